The van der Waals surface area contributed by atoms with Gasteiger partial charge in [0.1, 0.15) is 11.5 Å². The molecule has 9 heteroatoms. The fourth-order valence-corrected chi connectivity index (χ4v) is 10.9. The van der Waals surface area contributed by atoms with Gasteiger partial charge >= 0.3 is 12.1 Å². The van der Waals surface area contributed by atoms with Crippen molar-refractivity contribution in [1.82, 2.24) is 0 Å². The molecule has 0 spiro atoms. The standard InChI is InChI=1S/C27H36Cl2F2O4Si/c1-15(2)21-11-19(9-10-25(21)35-36(16(3)4,17(5)6)18(7)8)12-22-23(28)13-20(14-24(22)29)34-27(30,31)26(32)33/h9-11,13-18H,12H2,1-8H3,(H,32,33). The van der Waals surface area contributed by atoms with Crippen molar-refractivity contribution in [1.29, 1.82) is 0 Å². The highest BCUT2D eigenvalue weighted by atomic mass is 35.5. The fourth-order valence-electron chi connectivity index (χ4n) is 5.00. The summed E-state index contributed by atoms with van der Waals surface area (Å²) in [6.45, 7) is 17.7. The largest absolute Gasteiger partial charge is 0.542 e. The van der Waals surface area contributed by atoms with Crippen LogP contribution in [0.1, 0.15) is 78.0 Å². The van der Waals surface area contributed by atoms with E-state index in [1.807, 2.05) is 12.1 Å². The normalized spacial score (nSPS) is 12.7. The van der Waals surface area contributed by atoms with Crippen molar-refractivity contribution in [3.05, 3.63) is 57.1 Å². The van der Waals surface area contributed by atoms with Crippen molar-refractivity contribution in [2.75, 3.05) is 0 Å². The predicted octanol–water partition coefficient (Wildman–Crippen LogP) is 9.32. The van der Waals surface area contributed by atoms with E-state index in [4.69, 9.17) is 32.7 Å². The highest BCUT2D eigenvalue weighted by molar-refractivity contribution is 6.78. The predicted molar refractivity (Wildman–Crippen MR) is 145 cm³/mol. The lowest BCUT2D eigenvalue weighted by molar-refractivity contribution is -0.210. The first-order chi connectivity index (χ1) is 16.5. The SMILES string of the molecule is CC(C)c1cc(Cc2c(Cl)cc(OC(F)(F)C(=O)O)cc2Cl)ccc1O[Si](C(C)C)(C(C)C)C(C)C. The van der Waals surface area contributed by atoms with Gasteiger partial charge in [-0.3, -0.25) is 0 Å². The van der Waals surface area contributed by atoms with E-state index in [1.165, 1.54) is 0 Å². The van der Waals surface area contributed by atoms with E-state index in [0.29, 0.717) is 28.6 Å². The zero-order chi connectivity index (χ0) is 27.6. The van der Waals surface area contributed by atoms with Crippen LogP contribution in [-0.2, 0) is 11.2 Å². The van der Waals surface area contributed by atoms with Gasteiger partial charge in [0.15, 0.2) is 0 Å². The Morgan fingerprint density at radius 3 is 1.86 bits per heavy atom. The highest BCUT2D eigenvalue weighted by Crippen LogP contribution is 2.44. The molecule has 0 saturated heterocycles. The number of aliphatic carboxylic acids is 1. The van der Waals surface area contributed by atoms with Crippen molar-refractivity contribution in [3.8, 4) is 11.5 Å². The minimum atomic E-state index is -4.39. The molecule has 2 aromatic carbocycles. The van der Waals surface area contributed by atoms with Crippen LogP contribution in [-0.4, -0.2) is 25.5 Å². The number of rotatable bonds is 11. The van der Waals surface area contributed by atoms with E-state index in [9.17, 15) is 13.6 Å². The lowest BCUT2D eigenvalue weighted by Gasteiger charge is -2.43. The maximum atomic E-state index is 13.5. The van der Waals surface area contributed by atoms with Crippen molar-refractivity contribution >= 4 is 37.5 Å². The molecular weight excluding hydrogens is 525 g/mol. The number of halogens is 4. The van der Waals surface area contributed by atoms with Crippen LogP contribution in [0, 0.1) is 0 Å². The molecule has 0 aliphatic heterocycles. The second-order valence-corrected chi connectivity index (χ2v) is 16.6. The molecule has 2 aromatic rings. The third-order valence-corrected chi connectivity index (χ3v) is 13.3. The minimum absolute atomic E-state index is 0.107. The summed E-state index contributed by atoms with van der Waals surface area (Å²) in [5, 5.41) is 8.81. The average Bonchev–Trinajstić information content (AvgIpc) is 2.73. The molecule has 0 radical (unpaired) electrons. The maximum Gasteiger partial charge on any atom is 0.501 e. The first kappa shape index (κ1) is 30.4. The van der Waals surface area contributed by atoms with E-state index in [2.05, 4.69) is 66.2 Å². The maximum absolute atomic E-state index is 13.5. The van der Waals surface area contributed by atoms with Gasteiger partial charge in [0.05, 0.1) is 0 Å². The first-order valence-corrected chi connectivity index (χ1v) is 15.0. The summed E-state index contributed by atoms with van der Waals surface area (Å²) in [7, 11) is -2.15. The number of carboxylic acid groups (broad SMARTS) is 1. The summed E-state index contributed by atoms with van der Waals surface area (Å²) in [6.07, 6.45) is -4.04. The van der Waals surface area contributed by atoms with E-state index in [1.54, 1.807) is 0 Å². The van der Waals surface area contributed by atoms with E-state index < -0.39 is 26.1 Å². The summed E-state index contributed by atoms with van der Waals surface area (Å²) in [4.78, 5) is 10.7. The quantitative estimate of drug-likeness (QED) is 0.278. The Bertz CT molecular complexity index is 1040. The molecule has 0 heterocycles. The number of benzene rings is 2. The topological polar surface area (TPSA) is 55.8 Å². The molecule has 4 nitrogen and oxygen atoms in total. The Balaban J connectivity index is 2.43. The van der Waals surface area contributed by atoms with E-state index in [0.717, 1.165) is 29.0 Å². The van der Waals surface area contributed by atoms with Crippen molar-refractivity contribution in [2.45, 2.75) is 90.5 Å². The number of carbonyl (C=O) groups is 1. The van der Waals surface area contributed by atoms with Crippen LogP contribution in [0.15, 0.2) is 30.3 Å². The molecule has 0 unspecified atom stereocenters. The molecule has 0 fully saturated rings. The summed E-state index contributed by atoms with van der Waals surface area (Å²) in [5.41, 5.74) is 3.85. The van der Waals surface area contributed by atoms with Crippen LogP contribution in [0.2, 0.25) is 26.7 Å². The molecule has 0 aliphatic carbocycles. The molecule has 2 rings (SSSR count). The molecular formula is C27H36Cl2F2O4Si. The molecule has 0 saturated carbocycles. The van der Waals surface area contributed by atoms with Crippen molar-refractivity contribution in [3.63, 3.8) is 0 Å². The van der Waals surface area contributed by atoms with Gasteiger partial charge in [0.25, 0.3) is 8.32 Å². The van der Waals surface area contributed by atoms with Gasteiger partial charge in [-0.15, -0.1) is 0 Å². The van der Waals surface area contributed by atoms with Gasteiger partial charge < -0.3 is 14.3 Å². The van der Waals surface area contributed by atoms with Crippen LogP contribution < -0.4 is 9.16 Å². The summed E-state index contributed by atoms with van der Waals surface area (Å²) in [5.74, 6) is -1.72. The Hall–Kier alpha value is -1.83. The average molecular weight is 562 g/mol. The van der Waals surface area contributed by atoms with Crippen LogP contribution in [0.4, 0.5) is 8.78 Å². The van der Waals surface area contributed by atoms with Crippen LogP contribution >= 0.6 is 23.2 Å². The third-order valence-electron chi connectivity index (χ3n) is 6.68. The van der Waals surface area contributed by atoms with Gasteiger partial charge in [-0.25, -0.2) is 4.79 Å². The molecule has 0 amide bonds. The lowest BCUT2D eigenvalue weighted by Crippen LogP contribution is -2.50. The van der Waals surface area contributed by atoms with Gasteiger partial charge in [-0.2, -0.15) is 8.78 Å². The fraction of sp³-hybridized carbons (Fsp3) is 0.519. The van der Waals surface area contributed by atoms with Gasteiger partial charge in [-0.05, 0) is 57.4 Å². The third kappa shape index (κ3) is 6.53. The number of carboxylic acids is 1. The zero-order valence-corrected chi connectivity index (χ0v) is 24.6. The minimum Gasteiger partial charge on any atom is -0.542 e. The zero-order valence-electron chi connectivity index (χ0n) is 22.1. The Morgan fingerprint density at radius 2 is 1.44 bits per heavy atom. The summed E-state index contributed by atoms with van der Waals surface area (Å²) in [6, 6.07) is 8.35. The smallest absolute Gasteiger partial charge is 0.501 e. The van der Waals surface area contributed by atoms with Crippen molar-refractivity contribution < 1.29 is 27.8 Å². The molecule has 0 aliphatic rings. The molecule has 0 atom stereocenters. The molecule has 36 heavy (non-hydrogen) atoms. The lowest BCUT2D eigenvalue weighted by atomic mass is 9.96. The molecule has 0 aromatic heterocycles. The number of alkyl halides is 2. The van der Waals surface area contributed by atoms with E-state index in [-0.39, 0.29) is 16.0 Å². The Kier molecular flexibility index (Phi) is 9.87. The summed E-state index contributed by atoms with van der Waals surface area (Å²) >= 11 is 12.7. The summed E-state index contributed by atoms with van der Waals surface area (Å²) < 4.78 is 38.2. The second kappa shape index (κ2) is 11.7. The van der Waals surface area contributed by atoms with Gasteiger partial charge in [0.2, 0.25) is 0 Å². The number of hydrogen-bond acceptors (Lipinski definition) is 3. The monoisotopic (exact) mass is 560 g/mol. The second-order valence-electron chi connectivity index (χ2n) is 10.4. The highest BCUT2D eigenvalue weighted by Gasteiger charge is 2.47. The molecule has 0 bridgehead atoms. The number of hydrogen-bond donors (Lipinski definition) is 1. The van der Waals surface area contributed by atoms with Gasteiger partial charge in [-0.1, -0.05) is 90.7 Å². The van der Waals surface area contributed by atoms with Crippen LogP contribution in [0.5, 0.6) is 11.5 Å². The van der Waals surface area contributed by atoms with Crippen LogP contribution in [0.25, 0.3) is 0 Å². The van der Waals surface area contributed by atoms with E-state index >= 15 is 0 Å². The first-order valence-electron chi connectivity index (χ1n) is 12.1. The molecule has 200 valence electrons. The van der Waals surface area contributed by atoms with Crippen LogP contribution in [0.3, 0.4) is 0 Å². The Morgan fingerprint density at radius 1 is 0.944 bits per heavy atom. The van der Waals surface area contributed by atoms with Crippen molar-refractivity contribution in [2.24, 2.45) is 0 Å². The van der Waals surface area contributed by atoms with Gasteiger partial charge in [0, 0.05) is 16.5 Å². The number of ether oxygens (including phenoxy) is 1. The molecule has 1 N–H and O–H groups in total. The Labute approximate surface area is 224 Å².